The maximum Gasteiger partial charge on any atom is -0.00741 e. The molecule has 0 fully saturated rings. The van der Waals surface area contributed by atoms with Gasteiger partial charge in [0.05, 0.1) is 0 Å². The Morgan fingerprint density at radius 3 is 2.23 bits per heavy atom. The van der Waals surface area contributed by atoms with Gasteiger partial charge in [-0.1, -0.05) is 12.1 Å². The number of hydrogen-bond donors (Lipinski definition) is 1. The molecule has 0 aliphatic heterocycles. The predicted octanol–water partition coefficient (Wildman–Crippen LogP) is 2.50. The molecule has 0 saturated carbocycles. The minimum absolute atomic E-state index is 0.784. The van der Waals surface area contributed by atoms with Gasteiger partial charge in [0.25, 0.3) is 0 Å². The van der Waals surface area contributed by atoms with E-state index in [1.165, 1.54) is 22.3 Å². The summed E-state index contributed by atoms with van der Waals surface area (Å²) in [7, 11) is 0. The van der Waals surface area contributed by atoms with Crippen LogP contribution >= 0.6 is 0 Å². The second-order valence-electron chi connectivity index (χ2n) is 3.76. The Kier molecular flexibility index (Phi) is 3.49. The van der Waals surface area contributed by atoms with Crippen LogP contribution in [-0.2, 0) is 6.42 Å². The van der Waals surface area contributed by atoms with Crippen molar-refractivity contribution in [3.8, 4) is 0 Å². The molecular weight excluding hydrogens is 158 g/mol. The average Bonchev–Trinajstić information content (AvgIpc) is 2.09. The largest absolute Gasteiger partial charge is 0.330 e. The summed E-state index contributed by atoms with van der Waals surface area (Å²) in [4.78, 5) is 0. The Balaban J connectivity index is 2.88. The van der Waals surface area contributed by atoms with E-state index in [4.69, 9.17) is 5.73 Å². The fourth-order valence-corrected chi connectivity index (χ4v) is 1.58. The molecule has 0 radical (unpaired) electrons. The van der Waals surface area contributed by atoms with Crippen LogP contribution < -0.4 is 5.73 Å². The van der Waals surface area contributed by atoms with Crippen molar-refractivity contribution in [2.24, 2.45) is 5.73 Å². The van der Waals surface area contributed by atoms with Gasteiger partial charge in [0.2, 0.25) is 0 Å². The highest BCUT2D eigenvalue weighted by molar-refractivity contribution is 5.36. The zero-order valence-corrected chi connectivity index (χ0v) is 8.85. The van der Waals surface area contributed by atoms with Crippen LogP contribution in [0.1, 0.15) is 28.7 Å². The molecule has 0 aliphatic rings. The molecule has 0 aromatic heterocycles. The van der Waals surface area contributed by atoms with Crippen molar-refractivity contribution >= 4 is 0 Å². The summed E-state index contributed by atoms with van der Waals surface area (Å²) in [6, 6.07) is 4.56. The molecule has 72 valence electrons. The number of rotatable bonds is 3. The minimum atomic E-state index is 0.784. The highest BCUT2D eigenvalue weighted by Gasteiger charge is 2.00. The maximum absolute atomic E-state index is 5.49. The lowest BCUT2D eigenvalue weighted by Gasteiger charge is -2.08. The van der Waals surface area contributed by atoms with E-state index in [9.17, 15) is 0 Å². The van der Waals surface area contributed by atoms with Gasteiger partial charge in [-0.05, 0) is 62.4 Å². The third-order valence-corrected chi connectivity index (χ3v) is 2.60. The van der Waals surface area contributed by atoms with Gasteiger partial charge in [0.1, 0.15) is 0 Å². The molecular formula is C12H19N. The Morgan fingerprint density at radius 1 is 1.00 bits per heavy atom. The van der Waals surface area contributed by atoms with Crippen molar-refractivity contribution in [2.45, 2.75) is 33.6 Å². The molecule has 0 bridgehead atoms. The topological polar surface area (TPSA) is 26.0 Å². The summed E-state index contributed by atoms with van der Waals surface area (Å²) in [5.41, 5.74) is 11.1. The van der Waals surface area contributed by atoms with Crippen LogP contribution in [0, 0.1) is 20.8 Å². The lowest BCUT2D eigenvalue weighted by atomic mass is 9.98. The summed E-state index contributed by atoms with van der Waals surface area (Å²) in [6.45, 7) is 7.29. The van der Waals surface area contributed by atoms with Crippen molar-refractivity contribution in [2.75, 3.05) is 6.54 Å². The molecule has 1 heteroatoms. The third-order valence-electron chi connectivity index (χ3n) is 2.60. The summed E-state index contributed by atoms with van der Waals surface area (Å²) in [5.74, 6) is 0. The first-order valence-electron chi connectivity index (χ1n) is 4.92. The second kappa shape index (κ2) is 4.43. The summed E-state index contributed by atoms with van der Waals surface area (Å²) < 4.78 is 0. The normalized spacial score (nSPS) is 10.5. The van der Waals surface area contributed by atoms with Gasteiger partial charge in [-0.2, -0.15) is 0 Å². The summed E-state index contributed by atoms with van der Waals surface area (Å²) in [5, 5.41) is 0. The molecule has 0 heterocycles. The van der Waals surface area contributed by atoms with Crippen molar-refractivity contribution in [3.63, 3.8) is 0 Å². The SMILES string of the molecule is Cc1cc(C)c(CCCN)cc1C. The van der Waals surface area contributed by atoms with E-state index in [1.807, 2.05) is 0 Å². The van der Waals surface area contributed by atoms with Gasteiger partial charge in [-0.15, -0.1) is 0 Å². The number of hydrogen-bond acceptors (Lipinski definition) is 1. The zero-order chi connectivity index (χ0) is 9.84. The van der Waals surface area contributed by atoms with Crippen LogP contribution in [0.3, 0.4) is 0 Å². The first-order chi connectivity index (χ1) is 6.15. The van der Waals surface area contributed by atoms with E-state index in [2.05, 4.69) is 32.9 Å². The quantitative estimate of drug-likeness (QED) is 0.754. The molecule has 13 heavy (non-hydrogen) atoms. The van der Waals surface area contributed by atoms with E-state index in [0.29, 0.717) is 0 Å². The van der Waals surface area contributed by atoms with Crippen LogP contribution in [0.15, 0.2) is 12.1 Å². The Hall–Kier alpha value is -0.820. The highest BCUT2D eigenvalue weighted by Crippen LogP contribution is 2.16. The number of nitrogens with two attached hydrogens (primary N) is 1. The van der Waals surface area contributed by atoms with Crippen LogP contribution in [0.25, 0.3) is 0 Å². The highest BCUT2D eigenvalue weighted by atomic mass is 14.5. The molecule has 1 aromatic carbocycles. The maximum atomic E-state index is 5.49. The van der Waals surface area contributed by atoms with Crippen LogP contribution in [0.2, 0.25) is 0 Å². The van der Waals surface area contributed by atoms with Gasteiger partial charge in [-0.25, -0.2) is 0 Å². The molecule has 0 unspecified atom stereocenters. The molecule has 1 aromatic rings. The first-order valence-corrected chi connectivity index (χ1v) is 4.92. The molecule has 1 nitrogen and oxygen atoms in total. The average molecular weight is 177 g/mol. The van der Waals surface area contributed by atoms with E-state index in [1.54, 1.807) is 0 Å². The summed E-state index contributed by atoms with van der Waals surface area (Å²) >= 11 is 0. The van der Waals surface area contributed by atoms with Gasteiger partial charge in [0, 0.05) is 0 Å². The van der Waals surface area contributed by atoms with Crippen LogP contribution in [0.5, 0.6) is 0 Å². The van der Waals surface area contributed by atoms with E-state index >= 15 is 0 Å². The van der Waals surface area contributed by atoms with Crippen molar-refractivity contribution < 1.29 is 0 Å². The van der Waals surface area contributed by atoms with Gasteiger partial charge in [-0.3, -0.25) is 0 Å². The lowest BCUT2D eigenvalue weighted by Crippen LogP contribution is -2.02. The van der Waals surface area contributed by atoms with E-state index in [0.717, 1.165) is 19.4 Å². The van der Waals surface area contributed by atoms with Crippen LogP contribution in [-0.4, -0.2) is 6.54 Å². The Morgan fingerprint density at radius 2 is 1.62 bits per heavy atom. The summed E-state index contributed by atoms with van der Waals surface area (Å²) in [6.07, 6.45) is 2.20. The smallest absolute Gasteiger partial charge is 0.00741 e. The van der Waals surface area contributed by atoms with Crippen molar-refractivity contribution in [1.29, 1.82) is 0 Å². The van der Waals surface area contributed by atoms with Crippen molar-refractivity contribution in [3.05, 3.63) is 34.4 Å². The molecule has 0 spiro atoms. The van der Waals surface area contributed by atoms with Crippen molar-refractivity contribution in [1.82, 2.24) is 0 Å². The molecule has 0 saturated heterocycles. The molecule has 0 aliphatic carbocycles. The first kappa shape index (κ1) is 10.3. The monoisotopic (exact) mass is 177 g/mol. The number of aryl methyl sites for hydroxylation is 4. The van der Waals surface area contributed by atoms with Gasteiger partial charge >= 0.3 is 0 Å². The predicted molar refractivity (Wildman–Crippen MR) is 58.0 cm³/mol. The minimum Gasteiger partial charge on any atom is -0.330 e. The second-order valence-corrected chi connectivity index (χ2v) is 3.76. The Labute approximate surface area is 81.0 Å². The van der Waals surface area contributed by atoms with Gasteiger partial charge in [0.15, 0.2) is 0 Å². The standard InChI is InChI=1S/C12H19N/c1-9-7-11(3)12(5-4-6-13)8-10(9)2/h7-8H,4-6,13H2,1-3H3. The third kappa shape index (κ3) is 2.56. The van der Waals surface area contributed by atoms with Crippen LogP contribution in [0.4, 0.5) is 0 Å². The zero-order valence-electron chi connectivity index (χ0n) is 8.85. The Bertz CT molecular complexity index is 289. The van der Waals surface area contributed by atoms with Gasteiger partial charge < -0.3 is 5.73 Å². The molecule has 0 amide bonds. The van der Waals surface area contributed by atoms with E-state index in [-0.39, 0.29) is 0 Å². The number of benzene rings is 1. The molecule has 0 atom stereocenters. The fraction of sp³-hybridized carbons (Fsp3) is 0.500. The van der Waals surface area contributed by atoms with E-state index < -0.39 is 0 Å². The lowest BCUT2D eigenvalue weighted by molar-refractivity contribution is 0.826. The fourth-order valence-electron chi connectivity index (χ4n) is 1.58. The molecule has 1 rings (SSSR count). The molecule has 2 N–H and O–H groups in total.